The second-order valence-electron chi connectivity index (χ2n) is 12.5. The number of aryl methyl sites for hydroxylation is 2. The molecule has 0 N–H and O–H groups in total. The van der Waals surface area contributed by atoms with Crippen molar-refractivity contribution in [3.63, 3.8) is 0 Å². The van der Waals surface area contributed by atoms with E-state index in [2.05, 4.69) is 34.3 Å². The Hall–Kier alpha value is -4.29. The number of nitrogens with zero attached hydrogens (tertiary/aromatic N) is 7. The first-order valence-electron chi connectivity index (χ1n) is 15.2. The number of carbonyl (C=O) groups is 1. The summed E-state index contributed by atoms with van der Waals surface area (Å²) in [6.07, 6.45) is 7.67. The van der Waals surface area contributed by atoms with Gasteiger partial charge in [0, 0.05) is 45.0 Å². The Kier molecular flexibility index (Phi) is 8.37. The fourth-order valence-electron chi connectivity index (χ4n) is 5.25. The molecule has 11 nitrogen and oxygen atoms in total. The van der Waals surface area contributed by atoms with E-state index in [0.717, 1.165) is 65.4 Å². The molecule has 0 aliphatic carbocycles. The number of likely N-dealkylation sites (tertiary alicyclic amines) is 1. The lowest BCUT2D eigenvalue weighted by molar-refractivity contribution is 0.0731. The van der Waals surface area contributed by atoms with Gasteiger partial charge in [-0.2, -0.15) is 0 Å². The second-order valence-corrected chi connectivity index (χ2v) is 18.2. The minimum atomic E-state index is -1.16. The van der Waals surface area contributed by atoms with Crippen LogP contribution in [0.2, 0.25) is 25.7 Å². The summed E-state index contributed by atoms with van der Waals surface area (Å²) in [6, 6.07) is 10.8. The van der Waals surface area contributed by atoms with Gasteiger partial charge in [0.2, 0.25) is 0 Å². The van der Waals surface area contributed by atoms with Crippen LogP contribution in [0.15, 0.2) is 48.9 Å². The third-order valence-corrected chi connectivity index (χ3v) is 9.62. The Morgan fingerprint density at radius 3 is 2.57 bits per heavy atom. The molecule has 1 saturated heterocycles. The molecule has 5 aromatic rings. The number of aromatic nitrogens is 6. The molecule has 4 heterocycles. The highest BCUT2D eigenvalue weighted by Crippen LogP contribution is 2.32. The molecule has 0 bridgehead atoms. The first kappa shape index (κ1) is 29.8. The van der Waals surface area contributed by atoms with Gasteiger partial charge in [-0.05, 0) is 63.4 Å². The SMILES string of the molecule is Cc1c(Oc2ccc3nc(C)n(COCC[Si](C)(C)C)c3c2)ccc2ncc(-c3cnn(OC(=O)N4CCCCC4)c3)nc12. The van der Waals surface area contributed by atoms with Gasteiger partial charge in [0.25, 0.3) is 0 Å². The molecule has 0 atom stereocenters. The maximum absolute atomic E-state index is 12.5. The van der Waals surface area contributed by atoms with Gasteiger partial charge in [-0.1, -0.05) is 24.5 Å². The Morgan fingerprint density at radius 2 is 1.77 bits per heavy atom. The molecule has 230 valence electrons. The van der Waals surface area contributed by atoms with E-state index in [9.17, 15) is 4.79 Å². The van der Waals surface area contributed by atoms with Crippen molar-refractivity contribution in [2.45, 2.75) is 65.5 Å². The number of piperidine rings is 1. The molecular weight excluding hydrogens is 574 g/mol. The minimum Gasteiger partial charge on any atom is -0.457 e. The number of carbonyl (C=O) groups excluding carboxylic acids is 1. The summed E-state index contributed by atoms with van der Waals surface area (Å²) in [5.74, 6) is 2.28. The molecule has 12 heteroatoms. The summed E-state index contributed by atoms with van der Waals surface area (Å²) in [6.45, 7) is 13.6. The van der Waals surface area contributed by atoms with Gasteiger partial charge in [-0.3, -0.25) is 9.82 Å². The maximum Gasteiger partial charge on any atom is 0.435 e. The summed E-state index contributed by atoms with van der Waals surface area (Å²) < 4.78 is 14.5. The van der Waals surface area contributed by atoms with Crippen LogP contribution in [-0.4, -0.2) is 68.2 Å². The highest BCUT2D eigenvalue weighted by molar-refractivity contribution is 6.76. The summed E-state index contributed by atoms with van der Waals surface area (Å²) in [4.78, 5) is 35.0. The van der Waals surface area contributed by atoms with E-state index in [1.54, 1.807) is 23.5 Å². The van der Waals surface area contributed by atoms with Gasteiger partial charge in [-0.25, -0.2) is 14.8 Å². The number of hydrogen-bond donors (Lipinski definition) is 0. The fourth-order valence-corrected chi connectivity index (χ4v) is 6.01. The number of amides is 1. The molecule has 2 aromatic carbocycles. The summed E-state index contributed by atoms with van der Waals surface area (Å²) in [5, 5.41) is 4.21. The van der Waals surface area contributed by atoms with E-state index < -0.39 is 14.2 Å². The zero-order chi connectivity index (χ0) is 30.8. The number of ether oxygens (including phenoxy) is 2. The minimum absolute atomic E-state index is 0.396. The Morgan fingerprint density at radius 1 is 0.977 bits per heavy atom. The number of benzene rings is 2. The van der Waals surface area contributed by atoms with Crippen molar-refractivity contribution < 1.29 is 19.1 Å². The second kappa shape index (κ2) is 12.4. The Labute approximate surface area is 257 Å². The van der Waals surface area contributed by atoms with Gasteiger partial charge in [0.15, 0.2) is 0 Å². The Balaban J connectivity index is 1.20. The van der Waals surface area contributed by atoms with Crippen molar-refractivity contribution in [2.24, 2.45) is 0 Å². The maximum atomic E-state index is 12.5. The summed E-state index contributed by atoms with van der Waals surface area (Å²) >= 11 is 0. The molecule has 3 aromatic heterocycles. The van der Waals surface area contributed by atoms with Crippen LogP contribution >= 0.6 is 0 Å². The molecule has 44 heavy (non-hydrogen) atoms. The zero-order valence-corrected chi connectivity index (χ0v) is 27.0. The van der Waals surface area contributed by atoms with Crippen molar-refractivity contribution in [3.8, 4) is 22.8 Å². The smallest absolute Gasteiger partial charge is 0.435 e. The lowest BCUT2D eigenvalue weighted by atomic mass is 10.1. The van der Waals surface area contributed by atoms with Crippen LogP contribution in [0.25, 0.3) is 33.3 Å². The highest BCUT2D eigenvalue weighted by Gasteiger charge is 2.20. The summed E-state index contributed by atoms with van der Waals surface area (Å²) in [7, 11) is -1.16. The van der Waals surface area contributed by atoms with E-state index in [-0.39, 0.29) is 0 Å². The highest BCUT2D eigenvalue weighted by atomic mass is 28.3. The predicted molar refractivity (Wildman–Crippen MR) is 172 cm³/mol. The van der Waals surface area contributed by atoms with Crippen molar-refractivity contribution in [3.05, 3.63) is 60.3 Å². The van der Waals surface area contributed by atoms with Crippen LogP contribution < -0.4 is 9.57 Å². The van der Waals surface area contributed by atoms with Crippen LogP contribution in [-0.2, 0) is 11.5 Å². The molecule has 0 unspecified atom stereocenters. The van der Waals surface area contributed by atoms with E-state index >= 15 is 0 Å². The van der Waals surface area contributed by atoms with Crippen molar-refractivity contribution in [1.29, 1.82) is 0 Å². The molecular formula is C32H39N7O4Si. The van der Waals surface area contributed by atoms with Crippen LogP contribution in [0.5, 0.6) is 11.5 Å². The number of hydrogen-bond acceptors (Lipinski definition) is 8. The lowest BCUT2D eigenvalue weighted by Crippen LogP contribution is -2.40. The number of imidazole rings is 1. The van der Waals surface area contributed by atoms with Gasteiger partial charge in [-0.15, -0.1) is 5.10 Å². The molecule has 0 saturated carbocycles. The van der Waals surface area contributed by atoms with Crippen LogP contribution in [0.4, 0.5) is 4.79 Å². The molecule has 1 aliphatic rings. The third-order valence-electron chi connectivity index (χ3n) is 7.92. The largest absolute Gasteiger partial charge is 0.457 e. The van der Waals surface area contributed by atoms with Crippen LogP contribution in [0.3, 0.4) is 0 Å². The van der Waals surface area contributed by atoms with Crippen molar-refractivity contribution in [1.82, 2.24) is 34.4 Å². The average Bonchev–Trinajstić information content (AvgIpc) is 3.60. The molecule has 0 radical (unpaired) electrons. The standard InChI is InChI=1S/C32H39N7O4Si/c1-22-30(42-25-9-10-26-29(17-25)38(23(2)35-26)21-41-15-16-44(3,4)5)12-11-27-31(22)36-28(19-33-27)24-18-34-39(20-24)43-32(40)37-13-7-6-8-14-37/h9-12,17-20H,6-8,13-16,21H2,1-5H3. The lowest BCUT2D eigenvalue weighted by Gasteiger charge is -2.24. The number of rotatable bonds is 9. The zero-order valence-electron chi connectivity index (χ0n) is 26.0. The van der Waals surface area contributed by atoms with Crippen molar-refractivity contribution in [2.75, 3.05) is 19.7 Å². The molecule has 6 rings (SSSR count). The van der Waals surface area contributed by atoms with Gasteiger partial charge < -0.3 is 18.9 Å². The van der Waals surface area contributed by atoms with Gasteiger partial charge in [0.1, 0.15) is 24.1 Å². The third kappa shape index (κ3) is 6.60. The van der Waals surface area contributed by atoms with E-state index in [1.807, 2.05) is 44.2 Å². The monoisotopic (exact) mass is 613 g/mol. The normalized spacial score (nSPS) is 14.0. The summed E-state index contributed by atoms with van der Waals surface area (Å²) in [5.41, 5.74) is 5.51. The molecule has 1 aliphatic heterocycles. The fraction of sp³-hybridized carbons (Fsp3) is 0.406. The molecule has 1 amide bonds. The Bertz CT molecular complexity index is 1800. The van der Waals surface area contributed by atoms with Gasteiger partial charge >= 0.3 is 6.09 Å². The van der Waals surface area contributed by atoms with Gasteiger partial charge in [0.05, 0.1) is 46.4 Å². The first-order valence-corrected chi connectivity index (χ1v) is 18.9. The van der Waals surface area contributed by atoms with E-state index in [0.29, 0.717) is 42.6 Å². The van der Waals surface area contributed by atoms with Crippen LogP contribution in [0.1, 0.15) is 30.7 Å². The topological polar surface area (TPSA) is 109 Å². The predicted octanol–water partition coefficient (Wildman–Crippen LogP) is 6.60. The van der Waals surface area contributed by atoms with Crippen molar-refractivity contribution >= 4 is 36.2 Å². The number of fused-ring (bicyclic) bond motifs is 2. The molecule has 0 spiro atoms. The van der Waals surface area contributed by atoms with E-state index in [1.165, 1.54) is 4.85 Å². The van der Waals surface area contributed by atoms with Crippen LogP contribution in [0, 0.1) is 13.8 Å². The first-order chi connectivity index (χ1) is 21.1. The average molecular weight is 614 g/mol. The molecule has 1 fully saturated rings. The van der Waals surface area contributed by atoms with E-state index in [4.69, 9.17) is 24.3 Å². The quantitative estimate of drug-likeness (QED) is 0.135.